The van der Waals surface area contributed by atoms with Crippen LogP contribution in [0.25, 0.3) is 22.9 Å². The Morgan fingerprint density at radius 2 is 1.03 bits per heavy atom. The molecule has 7 atom stereocenters. The first-order valence-corrected chi connectivity index (χ1v) is 16.7. The van der Waals surface area contributed by atoms with Crippen molar-refractivity contribution in [3.63, 3.8) is 0 Å². The second-order valence-corrected chi connectivity index (χ2v) is 16.8. The molecular weight excluding hydrogens is 513 g/mol. The van der Waals surface area contributed by atoms with Crippen LogP contribution in [0.5, 0.6) is 0 Å². The zero-order chi connectivity index (χ0) is 22.9. The second kappa shape index (κ2) is 6.39. The quantitative estimate of drug-likeness (QED) is 0.268. The van der Waals surface area contributed by atoms with Crippen LogP contribution in [-0.4, -0.2) is 0 Å². The lowest BCUT2D eigenvalue weighted by Gasteiger charge is -2.30. The molecule has 8 aliphatic rings. The van der Waals surface area contributed by atoms with Gasteiger partial charge in [-0.2, -0.15) is 0 Å². The normalized spacial score (nSPS) is 36.3. The molecule has 0 saturated heterocycles. The third kappa shape index (κ3) is 2.34. The van der Waals surface area contributed by atoms with E-state index in [1.165, 1.54) is 68.5 Å². The lowest BCUT2D eigenvalue weighted by Crippen LogP contribution is -2.35. The number of benzene rings is 3. The SMILES string of the molecule is C1=C2C3C1C1C=c4cc5c(cc4=CC1C23)SC(=C1Sc2cc3cc4c(cc3cc2S1)C1CCC4C1)S5. The summed E-state index contributed by atoms with van der Waals surface area (Å²) in [5.41, 5.74) is 5.11. The van der Waals surface area contributed by atoms with E-state index in [2.05, 4.69) is 54.6 Å². The zero-order valence-corrected chi connectivity index (χ0v) is 22.8. The smallest absolute Gasteiger partial charge is 0.0706 e. The van der Waals surface area contributed by atoms with Crippen molar-refractivity contribution in [3.8, 4) is 0 Å². The van der Waals surface area contributed by atoms with Gasteiger partial charge in [0.25, 0.3) is 0 Å². The first-order chi connectivity index (χ1) is 17.7. The van der Waals surface area contributed by atoms with Crippen molar-refractivity contribution >= 4 is 70.0 Å². The van der Waals surface area contributed by atoms with Gasteiger partial charge in [-0.05, 0) is 117 Å². The van der Waals surface area contributed by atoms with Crippen molar-refractivity contribution < 1.29 is 0 Å². The number of hydrogen-bond acceptors (Lipinski definition) is 4. The molecule has 0 N–H and O–H groups in total. The minimum absolute atomic E-state index is 0.765. The molecule has 36 heavy (non-hydrogen) atoms. The van der Waals surface area contributed by atoms with Crippen LogP contribution in [-0.2, 0) is 0 Å². The van der Waals surface area contributed by atoms with Crippen molar-refractivity contribution in [3.05, 3.63) is 78.1 Å². The van der Waals surface area contributed by atoms with Crippen LogP contribution in [0.1, 0.15) is 42.2 Å². The van der Waals surface area contributed by atoms with Gasteiger partial charge in [0.2, 0.25) is 0 Å². The third-order valence-corrected chi connectivity index (χ3v) is 16.0. The monoisotopic (exact) mass is 534 g/mol. The zero-order valence-electron chi connectivity index (χ0n) is 19.5. The summed E-state index contributed by atoms with van der Waals surface area (Å²) in [6.45, 7) is 0. The largest absolute Gasteiger partial charge is 0.0803 e. The molecule has 0 nitrogen and oxygen atoms in total. The van der Waals surface area contributed by atoms with Gasteiger partial charge in [0.1, 0.15) is 0 Å². The fraction of sp³-hybridized carbons (Fsp3) is 0.312. The van der Waals surface area contributed by atoms with Gasteiger partial charge in [-0.15, -0.1) is 0 Å². The Morgan fingerprint density at radius 3 is 1.61 bits per heavy atom. The minimum atomic E-state index is 0.765. The molecular formula is C32H22S4. The molecule has 2 bridgehead atoms. The average molecular weight is 535 g/mol. The van der Waals surface area contributed by atoms with E-state index < -0.39 is 0 Å². The van der Waals surface area contributed by atoms with Crippen LogP contribution >= 0.6 is 47.0 Å². The summed E-state index contributed by atoms with van der Waals surface area (Å²) >= 11 is 8.02. The Labute approximate surface area is 227 Å². The van der Waals surface area contributed by atoms with Crippen molar-refractivity contribution in [2.24, 2.45) is 29.6 Å². The number of rotatable bonds is 0. The Bertz CT molecular complexity index is 1710. The third-order valence-electron chi connectivity index (χ3n) is 10.4. The van der Waals surface area contributed by atoms with E-state index in [1.54, 1.807) is 16.7 Å². The van der Waals surface area contributed by atoms with Crippen LogP contribution < -0.4 is 10.4 Å². The van der Waals surface area contributed by atoms with E-state index >= 15 is 0 Å². The molecule has 3 aromatic rings. The molecule has 3 aromatic carbocycles. The van der Waals surface area contributed by atoms with Crippen molar-refractivity contribution in [2.75, 3.05) is 0 Å². The van der Waals surface area contributed by atoms with Gasteiger partial charge in [-0.3, -0.25) is 0 Å². The standard InChI is InChI=1S/C32H22S4/c1-2-14-3-13(1)19-4-15-8-25-26(9-16(15)5-20(14)19)34-31(33-25)32-35-27-10-17-6-21-22(7-18(17)11-28(27)36-32)29-24-12-23(21)30(24)29/h4-14,21-23,29-30H,1-3H2. The Balaban J connectivity index is 0.956. The minimum Gasteiger partial charge on any atom is -0.0803 e. The first kappa shape index (κ1) is 19.6. The summed E-state index contributed by atoms with van der Waals surface area (Å²) in [6, 6.07) is 15.0. The summed E-state index contributed by atoms with van der Waals surface area (Å²) in [4.78, 5) is 5.84. The topological polar surface area (TPSA) is 0 Å². The van der Waals surface area contributed by atoms with Crippen LogP contribution in [0.2, 0.25) is 0 Å². The number of thioether (sulfide) groups is 4. The van der Waals surface area contributed by atoms with Crippen LogP contribution in [0.3, 0.4) is 0 Å². The highest BCUT2D eigenvalue weighted by Crippen LogP contribution is 2.73. The predicted octanol–water partition coefficient (Wildman–Crippen LogP) is 8.05. The highest BCUT2D eigenvalue weighted by molar-refractivity contribution is 8.30. The highest BCUT2D eigenvalue weighted by atomic mass is 32.2. The maximum atomic E-state index is 2.64. The summed E-state index contributed by atoms with van der Waals surface area (Å²) in [5, 5.41) is 5.88. The molecule has 0 aromatic heterocycles. The maximum Gasteiger partial charge on any atom is 0.0706 e. The molecule has 2 aliphatic heterocycles. The van der Waals surface area contributed by atoms with E-state index in [9.17, 15) is 0 Å². The number of fused-ring (bicyclic) bond motifs is 13. The lowest BCUT2D eigenvalue weighted by molar-refractivity contribution is 0.441. The van der Waals surface area contributed by atoms with Gasteiger partial charge >= 0.3 is 0 Å². The molecule has 0 radical (unpaired) electrons. The number of hydrogen-bond donors (Lipinski definition) is 0. The van der Waals surface area contributed by atoms with Crippen LogP contribution in [0, 0.1) is 29.6 Å². The molecule has 0 amide bonds. The van der Waals surface area contributed by atoms with E-state index in [1.807, 2.05) is 47.0 Å². The lowest BCUT2D eigenvalue weighted by atomic mass is 9.74. The van der Waals surface area contributed by atoms with Crippen LogP contribution in [0.15, 0.2) is 76.1 Å². The molecule has 0 spiro atoms. The molecule has 4 heteroatoms. The molecule has 3 fully saturated rings. The van der Waals surface area contributed by atoms with E-state index in [4.69, 9.17) is 0 Å². The van der Waals surface area contributed by atoms with Gasteiger partial charge in [0, 0.05) is 19.6 Å². The fourth-order valence-electron chi connectivity index (χ4n) is 8.78. The summed E-state index contributed by atoms with van der Waals surface area (Å²) in [6.07, 6.45) is 12.1. The fourth-order valence-corrected chi connectivity index (χ4v) is 14.2. The van der Waals surface area contributed by atoms with Gasteiger partial charge < -0.3 is 0 Å². The van der Waals surface area contributed by atoms with E-state index in [0.717, 1.165) is 41.4 Å². The van der Waals surface area contributed by atoms with E-state index in [0.29, 0.717) is 0 Å². The Hall–Kier alpha value is -1.46. The molecule has 6 aliphatic carbocycles. The molecule has 11 rings (SSSR count). The average Bonchev–Trinajstić information content (AvgIpc) is 3.51. The van der Waals surface area contributed by atoms with Gasteiger partial charge in [-0.1, -0.05) is 83.0 Å². The van der Waals surface area contributed by atoms with Crippen molar-refractivity contribution in [1.82, 2.24) is 0 Å². The van der Waals surface area contributed by atoms with Crippen LogP contribution in [0.4, 0.5) is 0 Å². The molecule has 2 heterocycles. The number of allylic oxidation sites excluding steroid dienone is 2. The van der Waals surface area contributed by atoms with Gasteiger partial charge in [-0.25, -0.2) is 0 Å². The summed E-state index contributed by atoms with van der Waals surface area (Å²) in [5.74, 6) is 5.92. The summed E-state index contributed by atoms with van der Waals surface area (Å²) < 4.78 is 2.96. The molecule has 174 valence electrons. The predicted molar refractivity (Wildman–Crippen MR) is 154 cm³/mol. The van der Waals surface area contributed by atoms with Crippen molar-refractivity contribution in [2.45, 2.75) is 50.7 Å². The van der Waals surface area contributed by atoms with E-state index in [-0.39, 0.29) is 0 Å². The molecule has 3 saturated carbocycles. The highest BCUT2D eigenvalue weighted by Gasteiger charge is 2.67. The van der Waals surface area contributed by atoms with Crippen molar-refractivity contribution in [1.29, 1.82) is 0 Å². The first-order valence-electron chi connectivity index (χ1n) is 13.4. The maximum absolute atomic E-state index is 2.64. The Morgan fingerprint density at radius 1 is 0.528 bits per heavy atom. The molecule has 7 unspecified atom stereocenters. The summed E-state index contributed by atoms with van der Waals surface area (Å²) in [7, 11) is 0. The van der Waals surface area contributed by atoms with Gasteiger partial charge in [0.05, 0.1) is 8.47 Å². The van der Waals surface area contributed by atoms with Gasteiger partial charge in [0.15, 0.2) is 0 Å². The Kier molecular flexibility index (Phi) is 3.48. The second-order valence-electron chi connectivity index (χ2n) is 12.0.